The molecule has 1 aromatic heterocycles. The highest BCUT2D eigenvalue weighted by Gasteiger charge is 2.44. The Morgan fingerprint density at radius 2 is 1.85 bits per heavy atom. The number of halogens is 3. The van der Waals surface area contributed by atoms with E-state index in [-0.39, 0.29) is 12.1 Å². The molecule has 2 aromatic carbocycles. The van der Waals surface area contributed by atoms with Gasteiger partial charge in [-0.25, -0.2) is 8.78 Å². The van der Waals surface area contributed by atoms with Crippen LogP contribution in [0.3, 0.4) is 0 Å². The Balaban J connectivity index is 1.54. The Labute approximate surface area is 195 Å². The van der Waals surface area contributed by atoms with Crippen molar-refractivity contribution in [2.45, 2.75) is 19.3 Å². The fourth-order valence-corrected chi connectivity index (χ4v) is 4.13. The van der Waals surface area contributed by atoms with E-state index in [0.29, 0.717) is 22.0 Å². The topological polar surface area (TPSA) is 62.3 Å². The van der Waals surface area contributed by atoms with Gasteiger partial charge < -0.3 is 10.2 Å². The van der Waals surface area contributed by atoms with E-state index in [1.807, 2.05) is 31.2 Å². The maximum absolute atomic E-state index is 14.5. The molecule has 0 spiro atoms. The number of hydrogen-bond donors (Lipinski definition) is 1. The number of alkyl halides is 2. The van der Waals surface area contributed by atoms with Gasteiger partial charge in [0.1, 0.15) is 0 Å². The van der Waals surface area contributed by atoms with Crippen LogP contribution in [-0.2, 0) is 4.79 Å². The van der Waals surface area contributed by atoms with Gasteiger partial charge in [0.15, 0.2) is 0 Å². The van der Waals surface area contributed by atoms with Crippen LogP contribution < -0.4 is 5.32 Å². The number of rotatable bonds is 4. The zero-order valence-electron chi connectivity index (χ0n) is 17.9. The Kier molecular flexibility index (Phi) is 6.42. The number of carbonyl (C=O) groups is 2. The molecule has 33 heavy (non-hydrogen) atoms. The number of hydrogen-bond acceptors (Lipinski definition) is 3. The van der Waals surface area contributed by atoms with Crippen LogP contribution in [0.5, 0.6) is 0 Å². The number of amides is 2. The molecule has 0 aliphatic carbocycles. The van der Waals surface area contributed by atoms with Crippen LogP contribution >= 0.6 is 11.6 Å². The summed E-state index contributed by atoms with van der Waals surface area (Å²) < 4.78 is 29.1. The third-order valence-corrected chi connectivity index (χ3v) is 5.69. The summed E-state index contributed by atoms with van der Waals surface area (Å²) in [5, 5.41) is 3.04. The molecule has 1 N–H and O–H groups in total. The summed E-state index contributed by atoms with van der Waals surface area (Å²) in [5.74, 6) is -5.37. The van der Waals surface area contributed by atoms with Crippen molar-refractivity contribution in [1.82, 2.24) is 9.88 Å². The van der Waals surface area contributed by atoms with Crippen molar-refractivity contribution in [3.8, 4) is 11.3 Å². The van der Waals surface area contributed by atoms with Gasteiger partial charge in [0.05, 0.1) is 18.2 Å². The van der Waals surface area contributed by atoms with Gasteiger partial charge in [-0.1, -0.05) is 35.9 Å². The lowest BCUT2D eigenvalue weighted by Crippen LogP contribution is -2.52. The summed E-state index contributed by atoms with van der Waals surface area (Å²) in [5.41, 5.74) is 2.91. The van der Waals surface area contributed by atoms with E-state index in [4.69, 9.17) is 11.6 Å². The van der Waals surface area contributed by atoms with Crippen molar-refractivity contribution in [1.29, 1.82) is 0 Å². The van der Waals surface area contributed by atoms with Crippen molar-refractivity contribution in [2.24, 2.45) is 5.92 Å². The van der Waals surface area contributed by atoms with E-state index in [0.717, 1.165) is 10.6 Å². The van der Waals surface area contributed by atoms with Gasteiger partial charge in [-0.15, -0.1) is 0 Å². The highest BCUT2D eigenvalue weighted by molar-refractivity contribution is 6.30. The third kappa shape index (κ3) is 5.54. The number of aryl methyl sites for hydroxylation is 1. The molecule has 170 valence electrons. The number of pyridine rings is 1. The molecule has 0 saturated carbocycles. The summed E-state index contributed by atoms with van der Waals surface area (Å²) in [4.78, 5) is 31.3. The molecule has 3 aromatic rings. The highest BCUT2D eigenvalue weighted by atomic mass is 35.5. The molecule has 0 radical (unpaired) electrons. The molecule has 1 saturated heterocycles. The number of carbonyl (C=O) groups excluding carboxylic acids is 2. The maximum atomic E-state index is 14.5. The van der Waals surface area contributed by atoms with E-state index in [9.17, 15) is 18.4 Å². The molecular formula is C25H22ClF2N3O2. The quantitative estimate of drug-likeness (QED) is 0.553. The SMILES string of the molecule is Cc1cccc(-c2cccc(C(=O)N3CC(C(=O)Nc4cccc(Cl)c4)CC(F)(F)C3)c2)n1. The summed E-state index contributed by atoms with van der Waals surface area (Å²) >= 11 is 5.93. The molecule has 0 bridgehead atoms. The first kappa shape index (κ1) is 22.9. The van der Waals surface area contributed by atoms with Crippen molar-refractivity contribution in [3.63, 3.8) is 0 Å². The maximum Gasteiger partial charge on any atom is 0.266 e. The van der Waals surface area contributed by atoms with Crippen LogP contribution in [0, 0.1) is 12.8 Å². The van der Waals surface area contributed by atoms with Gasteiger partial charge >= 0.3 is 0 Å². The molecule has 1 aliphatic heterocycles. The van der Waals surface area contributed by atoms with E-state index in [1.165, 1.54) is 6.07 Å². The Hall–Kier alpha value is -3.32. The lowest BCUT2D eigenvalue weighted by atomic mass is 9.93. The summed E-state index contributed by atoms with van der Waals surface area (Å²) in [6.45, 7) is 1.02. The average molecular weight is 470 g/mol. The van der Waals surface area contributed by atoms with Crippen LogP contribution in [-0.4, -0.2) is 40.7 Å². The monoisotopic (exact) mass is 469 g/mol. The van der Waals surface area contributed by atoms with Gasteiger partial charge in [-0.3, -0.25) is 14.6 Å². The first-order valence-electron chi connectivity index (χ1n) is 10.5. The average Bonchev–Trinajstić information content (AvgIpc) is 2.77. The summed E-state index contributed by atoms with van der Waals surface area (Å²) in [6.07, 6.45) is -0.629. The van der Waals surface area contributed by atoms with Gasteiger partial charge in [-0.05, 0) is 49.4 Å². The van der Waals surface area contributed by atoms with Crippen LogP contribution in [0.4, 0.5) is 14.5 Å². The second kappa shape index (κ2) is 9.27. The standard InChI is InChI=1S/C25H22ClF2N3O2/c1-16-5-2-10-22(29-16)17-6-3-7-18(11-17)24(33)31-14-19(13-25(27,28)15-31)23(32)30-21-9-4-8-20(26)12-21/h2-12,19H,13-15H2,1H3,(H,30,32). The van der Waals surface area contributed by atoms with Crippen molar-refractivity contribution in [2.75, 3.05) is 18.4 Å². The fourth-order valence-electron chi connectivity index (χ4n) is 3.94. The van der Waals surface area contributed by atoms with E-state index in [2.05, 4.69) is 10.3 Å². The molecule has 5 nitrogen and oxygen atoms in total. The predicted octanol–water partition coefficient (Wildman–Crippen LogP) is 5.45. The zero-order chi connectivity index (χ0) is 23.6. The number of likely N-dealkylation sites (tertiary alicyclic amines) is 1. The molecule has 1 unspecified atom stereocenters. The number of nitrogens with one attached hydrogen (secondary N) is 1. The summed E-state index contributed by atoms with van der Waals surface area (Å²) in [7, 11) is 0. The van der Waals surface area contributed by atoms with Crippen LogP contribution in [0.1, 0.15) is 22.5 Å². The number of piperidine rings is 1. The highest BCUT2D eigenvalue weighted by Crippen LogP contribution is 2.32. The van der Waals surface area contributed by atoms with E-state index in [1.54, 1.807) is 36.4 Å². The van der Waals surface area contributed by atoms with Crippen LogP contribution in [0.15, 0.2) is 66.7 Å². The first-order valence-corrected chi connectivity index (χ1v) is 10.9. The number of nitrogens with zero attached hydrogens (tertiary/aromatic N) is 2. The fraction of sp³-hybridized carbons (Fsp3) is 0.240. The Bertz CT molecular complexity index is 1200. The molecule has 2 amide bonds. The lowest BCUT2D eigenvalue weighted by Gasteiger charge is -2.37. The minimum Gasteiger partial charge on any atom is -0.332 e. The van der Waals surface area contributed by atoms with Gasteiger partial charge in [0.2, 0.25) is 5.91 Å². The Morgan fingerprint density at radius 1 is 1.09 bits per heavy atom. The van der Waals surface area contributed by atoms with Gasteiger partial charge in [0.25, 0.3) is 11.8 Å². The van der Waals surface area contributed by atoms with Crippen LogP contribution in [0.2, 0.25) is 5.02 Å². The van der Waals surface area contributed by atoms with Crippen molar-refractivity contribution >= 4 is 29.1 Å². The minimum atomic E-state index is -3.18. The van der Waals surface area contributed by atoms with Crippen molar-refractivity contribution in [3.05, 3.63) is 83.0 Å². The third-order valence-electron chi connectivity index (χ3n) is 5.45. The molecular weight excluding hydrogens is 448 g/mol. The van der Waals surface area contributed by atoms with Gasteiger partial charge in [-0.2, -0.15) is 0 Å². The second-order valence-corrected chi connectivity index (χ2v) is 8.62. The molecule has 1 atom stereocenters. The number of benzene rings is 2. The predicted molar refractivity (Wildman–Crippen MR) is 123 cm³/mol. The second-order valence-electron chi connectivity index (χ2n) is 8.19. The number of anilines is 1. The molecule has 4 rings (SSSR count). The van der Waals surface area contributed by atoms with E-state index < -0.39 is 36.6 Å². The number of aromatic nitrogens is 1. The summed E-state index contributed by atoms with van der Waals surface area (Å²) in [6, 6.07) is 18.7. The minimum absolute atomic E-state index is 0.103. The smallest absolute Gasteiger partial charge is 0.266 e. The zero-order valence-corrected chi connectivity index (χ0v) is 18.7. The normalized spacial score (nSPS) is 17.5. The molecule has 1 aliphatic rings. The molecule has 1 fully saturated rings. The lowest BCUT2D eigenvalue weighted by molar-refractivity contribution is -0.130. The Morgan fingerprint density at radius 3 is 2.61 bits per heavy atom. The van der Waals surface area contributed by atoms with Gasteiger partial charge in [0, 0.05) is 40.5 Å². The molecule has 2 heterocycles. The van der Waals surface area contributed by atoms with E-state index >= 15 is 0 Å². The van der Waals surface area contributed by atoms with Crippen molar-refractivity contribution < 1.29 is 18.4 Å². The molecule has 8 heteroatoms. The van der Waals surface area contributed by atoms with Crippen LogP contribution in [0.25, 0.3) is 11.3 Å². The largest absolute Gasteiger partial charge is 0.332 e. The first-order chi connectivity index (χ1) is 15.7.